The zero-order valence-electron chi connectivity index (χ0n) is 26.9. The summed E-state index contributed by atoms with van der Waals surface area (Å²) in [5.74, 6) is 0.460. The molecule has 1 aromatic heterocycles. The van der Waals surface area contributed by atoms with E-state index in [0.29, 0.717) is 44.6 Å². The summed E-state index contributed by atoms with van der Waals surface area (Å²) in [5.41, 5.74) is 4.03. The van der Waals surface area contributed by atoms with Crippen LogP contribution in [-0.4, -0.2) is 19.9 Å². The summed E-state index contributed by atoms with van der Waals surface area (Å²) >= 11 is 26.6. The van der Waals surface area contributed by atoms with E-state index >= 15 is 0 Å². The molecule has 0 saturated heterocycles. The molecule has 6 rings (SSSR count). The maximum Gasteiger partial charge on any atom is 0.261 e. The Bertz CT molecular complexity index is 1990. The first-order valence-electron chi connectivity index (χ1n) is 15.8. The Balaban J connectivity index is 1.51. The minimum atomic E-state index is -2.82. The molecule has 8 heteroatoms. The molecule has 0 fully saturated rings. The summed E-state index contributed by atoms with van der Waals surface area (Å²) < 4.78 is 13.9. The highest BCUT2D eigenvalue weighted by atomic mass is 35.5. The van der Waals surface area contributed by atoms with Gasteiger partial charge in [0.1, 0.15) is 6.61 Å². The third kappa shape index (κ3) is 6.89. The number of benzene rings is 5. The molecule has 1 heterocycles. The van der Waals surface area contributed by atoms with Crippen molar-refractivity contribution in [2.24, 2.45) is 0 Å². The number of hydrogen-bond acceptors (Lipinski definition) is 3. The van der Waals surface area contributed by atoms with Crippen molar-refractivity contribution in [2.45, 2.75) is 38.8 Å². The van der Waals surface area contributed by atoms with Crippen molar-refractivity contribution in [3.63, 3.8) is 0 Å². The van der Waals surface area contributed by atoms with Crippen LogP contribution in [-0.2, 0) is 17.5 Å². The van der Waals surface area contributed by atoms with Gasteiger partial charge in [0.05, 0.1) is 5.52 Å². The van der Waals surface area contributed by atoms with Crippen molar-refractivity contribution < 1.29 is 9.16 Å². The third-order valence-corrected chi connectivity index (χ3v) is 15.0. The molecule has 0 saturated carbocycles. The number of hydrogen-bond donors (Lipinski definition) is 0. The van der Waals surface area contributed by atoms with E-state index < -0.39 is 8.32 Å². The number of rotatable bonds is 10. The Hall–Kier alpha value is -3.35. The number of ether oxygens (including phenoxy) is 1. The van der Waals surface area contributed by atoms with Crippen molar-refractivity contribution in [3.05, 3.63) is 153 Å². The number of halogens is 4. The quantitative estimate of drug-likeness (QED) is 0.132. The van der Waals surface area contributed by atoms with Crippen molar-refractivity contribution in [1.29, 1.82) is 0 Å². The van der Waals surface area contributed by atoms with Crippen LogP contribution in [0.25, 0.3) is 22.0 Å². The van der Waals surface area contributed by atoms with Crippen LogP contribution in [0.4, 0.5) is 0 Å². The molecular weight excluding hydrogens is 696 g/mol. The van der Waals surface area contributed by atoms with Gasteiger partial charge in [0.25, 0.3) is 8.32 Å². The van der Waals surface area contributed by atoms with Crippen LogP contribution in [0.15, 0.2) is 121 Å². The van der Waals surface area contributed by atoms with E-state index in [1.807, 2.05) is 60.7 Å². The normalized spacial score (nSPS) is 12.0. The van der Waals surface area contributed by atoms with Gasteiger partial charge in [-0.05, 0) is 51.8 Å². The second kappa shape index (κ2) is 14.6. The van der Waals surface area contributed by atoms with Gasteiger partial charge in [0.2, 0.25) is 5.88 Å². The SMILES string of the molecule is CC(C)(C)[Si](OCCc1c(OCc2c(Cl)cccc2Cl)nc2ccc(Cl)cc2c1-c1ccccc1Cl)(c1ccccc1)c1ccccc1. The van der Waals surface area contributed by atoms with Gasteiger partial charge in [-0.15, -0.1) is 0 Å². The molecular formula is C40H35Cl4NO2Si. The topological polar surface area (TPSA) is 31.4 Å². The Morgan fingerprint density at radius 2 is 1.23 bits per heavy atom. The van der Waals surface area contributed by atoms with Crippen LogP contribution in [0.3, 0.4) is 0 Å². The van der Waals surface area contributed by atoms with Gasteiger partial charge < -0.3 is 9.16 Å². The van der Waals surface area contributed by atoms with Gasteiger partial charge in [-0.2, -0.15) is 0 Å². The molecule has 0 aliphatic rings. The van der Waals surface area contributed by atoms with Crippen molar-refractivity contribution >= 4 is 76.0 Å². The van der Waals surface area contributed by atoms with Crippen LogP contribution in [0.1, 0.15) is 31.9 Å². The van der Waals surface area contributed by atoms with Gasteiger partial charge in [-0.25, -0.2) is 4.98 Å². The molecule has 244 valence electrons. The maximum absolute atomic E-state index is 7.34. The summed E-state index contributed by atoms with van der Waals surface area (Å²) in [6, 6.07) is 40.1. The molecule has 6 aromatic rings. The minimum absolute atomic E-state index is 0.134. The van der Waals surface area contributed by atoms with Gasteiger partial charge in [-0.3, -0.25) is 0 Å². The Kier molecular flexibility index (Phi) is 10.5. The van der Waals surface area contributed by atoms with E-state index in [-0.39, 0.29) is 11.6 Å². The van der Waals surface area contributed by atoms with Crippen LogP contribution in [0, 0.1) is 0 Å². The molecule has 0 amide bonds. The molecule has 0 radical (unpaired) electrons. The first kappa shape index (κ1) is 34.5. The first-order chi connectivity index (χ1) is 23.1. The molecule has 0 atom stereocenters. The standard InChI is InChI=1S/C40H35Cl4NO2Si/c1-40(2,3)48(28-13-6-4-7-14-28,29-15-8-5-9-16-29)47-24-23-31-38(30-17-10-11-18-34(30)42)32-25-27(41)21-22-37(32)45-39(31)46-26-33-35(43)19-12-20-36(33)44/h4-22,25H,23-24,26H2,1-3H3. The second-order valence-corrected chi connectivity index (χ2v) is 18.6. The van der Waals surface area contributed by atoms with E-state index in [1.54, 1.807) is 12.1 Å². The molecule has 0 bridgehead atoms. The van der Waals surface area contributed by atoms with Crippen molar-refractivity contribution in [3.8, 4) is 17.0 Å². The molecule has 0 aliphatic heterocycles. The summed E-state index contributed by atoms with van der Waals surface area (Å²) in [5, 5.41) is 5.38. The summed E-state index contributed by atoms with van der Waals surface area (Å²) in [6.45, 7) is 7.36. The fourth-order valence-corrected chi connectivity index (χ4v) is 11.9. The molecule has 5 aromatic carbocycles. The summed E-state index contributed by atoms with van der Waals surface area (Å²) in [6.07, 6.45) is 0.492. The zero-order chi connectivity index (χ0) is 33.9. The van der Waals surface area contributed by atoms with Crippen molar-refractivity contribution in [1.82, 2.24) is 4.98 Å². The second-order valence-electron chi connectivity index (χ2n) is 12.7. The lowest BCUT2D eigenvalue weighted by Crippen LogP contribution is -2.66. The fourth-order valence-electron chi connectivity index (χ4n) is 6.45. The fraction of sp³-hybridized carbons (Fsp3) is 0.175. The average molecular weight is 732 g/mol. The minimum Gasteiger partial charge on any atom is -0.472 e. The smallest absolute Gasteiger partial charge is 0.261 e. The highest BCUT2D eigenvalue weighted by Crippen LogP contribution is 2.42. The lowest BCUT2D eigenvalue weighted by Gasteiger charge is -2.43. The van der Waals surface area contributed by atoms with E-state index in [2.05, 4.69) is 69.3 Å². The summed E-state index contributed by atoms with van der Waals surface area (Å²) in [4.78, 5) is 5.03. The molecule has 3 nitrogen and oxygen atoms in total. The van der Waals surface area contributed by atoms with E-state index in [1.165, 1.54) is 10.4 Å². The maximum atomic E-state index is 7.34. The molecule has 0 aliphatic carbocycles. The highest BCUT2D eigenvalue weighted by Gasteiger charge is 2.50. The molecule has 0 spiro atoms. The highest BCUT2D eigenvalue weighted by molar-refractivity contribution is 6.99. The molecule has 0 N–H and O–H groups in total. The van der Waals surface area contributed by atoms with Crippen LogP contribution in [0.5, 0.6) is 5.88 Å². The zero-order valence-corrected chi connectivity index (χ0v) is 31.0. The Labute approximate surface area is 303 Å². The lowest BCUT2D eigenvalue weighted by molar-refractivity contribution is 0.279. The number of aromatic nitrogens is 1. The van der Waals surface area contributed by atoms with Gasteiger partial charge in [-0.1, -0.05) is 152 Å². The monoisotopic (exact) mass is 729 g/mol. The number of pyridine rings is 1. The molecule has 48 heavy (non-hydrogen) atoms. The number of fused-ring (bicyclic) bond motifs is 1. The van der Waals surface area contributed by atoms with E-state index in [4.69, 9.17) is 60.6 Å². The Morgan fingerprint density at radius 3 is 1.83 bits per heavy atom. The van der Waals surface area contributed by atoms with Crippen molar-refractivity contribution in [2.75, 3.05) is 6.61 Å². The lowest BCUT2D eigenvalue weighted by atomic mass is 9.94. The van der Waals surface area contributed by atoms with Gasteiger partial charge >= 0.3 is 0 Å². The van der Waals surface area contributed by atoms with Gasteiger partial charge in [0, 0.05) is 60.8 Å². The Morgan fingerprint density at radius 1 is 0.646 bits per heavy atom. The van der Waals surface area contributed by atoms with Gasteiger partial charge in [0.15, 0.2) is 0 Å². The van der Waals surface area contributed by atoms with Crippen LogP contribution < -0.4 is 15.1 Å². The average Bonchev–Trinajstić information content (AvgIpc) is 3.07. The molecule has 0 unspecified atom stereocenters. The van der Waals surface area contributed by atoms with E-state index in [0.717, 1.165) is 27.6 Å². The first-order valence-corrected chi connectivity index (χ1v) is 19.2. The predicted molar refractivity (Wildman–Crippen MR) is 205 cm³/mol. The summed E-state index contributed by atoms with van der Waals surface area (Å²) in [7, 11) is -2.82. The predicted octanol–water partition coefficient (Wildman–Crippen LogP) is 11.2. The van der Waals surface area contributed by atoms with Crippen LogP contribution >= 0.6 is 46.4 Å². The largest absolute Gasteiger partial charge is 0.472 e. The third-order valence-electron chi connectivity index (χ3n) is 8.66. The number of nitrogens with zero attached hydrogens (tertiary/aromatic N) is 1. The van der Waals surface area contributed by atoms with Crippen LogP contribution in [0.2, 0.25) is 25.1 Å². The van der Waals surface area contributed by atoms with E-state index in [9.17, 15) is 0 Å².